The first-order valence-corrected chi connectivity index (χ1v) is 6.38. The van der Waals surface area contributed by atoms with Gasteiger partial charge < -0.3 is 10.0 Å². The molecule has 1 amide bonds. The molecule has 108 valence electrons. The van der Waals surface area contributed by atoms with Crippen molar-refractivity contribution in [2.45, 2.75) is 50.2 Å². The summed E-state index contributed by atoms with van der Waals surface area (Å²) in [5.41, 5.74) is -0.765. The van der Waals surface area contributed by atoms with Crippen LogP contribution >= 0.6 is 0 Å². The van der Waals surface area contributed by atoms with Gasteiger partial charge in [-0.25, -0.2) is 0 Å². The average Bonchev–Trinajstić information content (AvgIpc) is 2.71. The van der Waals surface area contributed by atoms with E-state index in [4.69, 9.17) is 5.11 Å². The monoisotopic (exact) mass is 279 g/mol. The van der Waals surface area contributed by atoms with Crippen LogP contribution in [0, 0.1) is 5.92 Å². The fourth-order valence-electron chi connectivity index (χ4n) is 3.33. The predicted molar refractivity (Wildman–Crippen MR) is 59.3 cm³/mol. The Hall–Kier alpha value is -1.27. The summed E-state index contributed by atoms with van der Waals surface area (Å²) in [5.74, 6) is -3.17. The first-order valence-electron chi connectivity index (χ1n) is 6.38. The summed E-state index contributed by atoms with van der Waals surface area (Å²) < 4.78 is 37.7. The predicted octanol–water partition coefficient (Wildman–Crippen LogP) is 2.18. The topological polar surface area (TPSA) is 57.6 Å². The second-order valence-electron chi connectivity index (χ2n) is 5.39. The van der Waals surface area contributed by atoms with E-state index in [1.54, 1.807) is 0 Å². The number of carboxylic acids is 1. The molecule has 2 fully saturated rings. The lowest BCUT2D eigenvalue weighted by Gasteiger charge is -2.43. The molecule has 1 saturated heterocycles. The number of halogens is 3. The number of amides is 1. The zero-order valence-electron chi connectivity index (χ0n) is 10.4. The van der Waals surface area contributed by atoms with Gasteiger partial charge >= 0.3 is 18.1 Å². The molecule has 2 rings (SSSR count). The number of aliphatic carboxylic acids is 1. The summed E-state index contributed by atoms with van der Waals surface area (Å²) in [6, 6.07) is 0. The molecule has 1 aliphatic carbocycles. The fourth-order valence-corrected chi connectivity index (χ4v) is 3.33. The van der Waals surface area contributed by atoms with E-state index >= 15 is 0 Å². The Kier molecular flexibility index (Phi) is 3.49. The molecule has 2 aliphatic rings. The van der Waals surface area contributed by atoms with Gasteiger partial charge in [-0.1, -0.05) is 0 Å². The maximum atomic E-state index is 12.6. The number of nitrogens with zero attached hydrogens (tertiary/aromatic N) is 1. The molecule has 1 aliphatic heterocycles. The molecule has 19 heavy (non-hydrogen) atoms. The first-order chi connectivity index (χ1) is 8.76. The summed E-state index contributed by atoms with van der Waals surface area (Å²) >= 11 is 0. The molecule has 0 aromatic heterocycles. The summed E-state index contributed by atoms with van der Waals surface area (Å²) in [4.78, 5) is 23.2. The minimum absolute atomic E-state index is 0.121. The van der Waals surface area contributed by atoms with Crippen LogP contribution in [0.15, 0.2) is 0 Å². The molecule has 0 bridgehead atoms. The highest BCUT2D eigenvalue weighted by atomic mass is 19.4. The second-order valence-corrected chi connectivity index (χ2v) is 5.39. The zero-order valence-corrected chi connectivity index (χ0v) is 10.4. The lowest BCUT2D eigenvalue weighted by molar-refractivity contribution is -0.191. The maximum absolute atomic E-state index is 12.6. The Labute approximate surface area is 108 Å². The van der Waals surface area contributed by atoms with Gasteiger partial charge in [0.25, 0.3) is 0 Å². The van der Waals surface area contributed by atoms with Crippen molar-refractivity contribution in [1.29, 1.82) is 0 Å². The quantitative estimate of drug-likeness (QED) is 0.800. The summed E-state index contributed by atoms with van der Waals surface area (Å²) in [6.45, 7) is 0.121. The molecule has 1 spiro atoms. The Morgan fingerprint density at radius 1 is 1.16 bits per heavy atom. The highest BCUT2D eigenvalue weighted by Crippen LogP contribution is 2.44. The number of carbonyl (C=O) groups excluding carboxylic acids is 1. The van der Waals surface area contributed by atoms with E-state index in [9.17, 15) is 22.8 Å². The standard InChI is InChI=1S/C12H16F3NO3/c13-12(14,15)10(19)16-7-1-4-11(16)5-2-8(3-6-11)9(17)18/h8H,1-7H2,(H,17,18). The molecule has 1 N–H and O–H groups in total. The smallest absolute Gasteiger partial charge is 0.471 e. The molecule has 0 unspecified atom stereocenters. The first kappa shape index (κ1) is 14.1. The van der Waals surface area contributed by atoms with Crippen molar-refractivity contribution in [3.8, 4) is 0 Å². The van der Waals surface area contributed by atoms with Crippen LogP contribution in [0.4, 0.5) is 13.2 Å². The van der Waals surface area contributed by atoms with Crippen LogP contribution in [0.5, 0.6) is 0 Å². The molecule has 0 aromatic carbocycles. The van der Waals surface area contributed by atoms with Crippen LogP contribution < -0.4 is 0 Å². The zero-order chi connectivity index (χ0) is 14.3. The van der Waals surface area contributed by atoms with Crippen LogP contribution in [-0.2, 0) is 9.59 Å². The van der Waals surface area contributed by atoms with Crippen molar-refractivity contribution in [1.82, 2.24) is 4.90 Å². The number of likely N-dealkylation sites (tertiary alicyclic amines) is 1. The van der Waals surface area contributed by atoms with Gasteiger partial charge in [-0.2, -0.15) is 13.2 Å². The molecule has 0 radical (unpaired) electrons. The third kappa shape index (κ3) is 2.55. The third-order valence-corrected chi connectivity index (χ3v) is 4.35. The molecule has 0 aromatic rings. The van der Waals surface area contributed by atoms with Gasteiger partial charge in [0.05, 0.1) is 5.92 Å². The minimum Gasteiger partial charge on any atom is -0.481 e. The lowest BCUT2D eigenvalue weighted by atomic mass is 9.75. The molecule has 0 atom stereocenters. The average molecular weight is 279 g/mol. The van der Waals surface area contributed by atoms with Gasteiger partial charge in [0, 0.05) is 12.1 Å². The van der Waals surface area contributed by atoms with E-state index in [1.807, 2.05) is 0 Å². The molecular weight excluding hydrogens is 263 g/mol. The van der Waals surface area contributed by atoms with Gasteiger partial charge in [-0.15, -0.1) is 0 Å². The van der Waals surface area contributed by atoms with Crippen molar-refractivity contribution in [3.05, 3.63) is 0 Å². The van der Waals surface area contributed by atoms with Crippen LogP contribution in [0.1, 0.15) is 38.5 Å². The van der Waals surface area contributed by atoms with Crippen LogP contribution in [0.2, 0.25) is 0 Å². The second kappa shape index (κ2) is 4.68. The van der Waals surface area contributed by atoms with Crippen LogP contribution in [-0.4, -0.2) is 40.1 Å². The highest BCUT2D eigenvalue weighted by molar-refractivity contribution is 5.83. The van der Waals surface area contributed by atoms with Crippen molar-refractivity contribution in [3.63, 3.8) is 0 Å². The Morgan fingerprint density at radius 3 is 2.21 bits per heavy atom. The number of alkyl halides is 3. The maximum Gasteiger partial charge on any atom is 0.471 e. The van der Waals surface area contributed by atoms with Crippen molar-refractivity contribution in [2.75, 3.05) is 6.54 Å². The largest absolute Gasteiger partial charge is 0.481 e. The van der Waals surface area contributed by atoms with Crippen molar-refractivity contribution in [2.24, 2.45) is 5.92 Å². The molecule has 7 heteroatoms. The van der Waals surface area contributed by atoms with E-state index in [-0.39, 0.29) is 6.54 Å². The van der Waals surface area contributed by atoms with E-state index in [1.165, 1.54) is 0 Å². The highest BCUT2D eigenvalue weighted by Gasteiger charge is 2.53. The summed E-state index contributed by atoms with van der Waals surface area (Å²) in [7, 11) is 0. The molecule has 1 saturated carbocycles. The number of hydrogen-bond acceptors (Lipinski definition) is 2. The normalized spacial score (nSPS) is 31.7. The number of rotatable bonds is 1. The number of carboxylic acid groups (broad SMARTS) is 1. The van der Waals surface area contributed by atoms with E-state index < -0.39 is 29.5 Å². The SMILES string of the molecule is O=C(O)C1CCC2(CCCN2C(=O)C(F)(F)F)CC1. The van der Waals surface area contributed by atoms with Crippen LogP contribution in [0.25, 0.3) is 0 Å². The van der Waals surface area contributed by atoms with E-state index in [2.05, 4.69) is 0 Å². The van der Waals surface area contributed by atoms with Gasteiger partial charge in [-0.05, 0) is 38.5 Å². The van der Waals surface area contributed by atoms with Gasteiger partial charge in [0.15, 0.2) is 0 Å². The molecule has 4 nitrogen and oxygen atoms in total. The van der Waals surface area contributed by atoms with E-state index in [0.29, 0.717) is 38.5 Å². The van der Waals surface area contributed by atoms with Gasteiger partial charge in [0.2, 0.25) is 0 Å². The third-order valence-electron chi connectivity index (χ3n) is 4.35. The number of hydrogen-bond donors (Lipinski definition) is 1. The lowest BCUT2D eigenvalue weighted by Crippen LogP contribution is -2.53. The van der Waals surface area contributed by atoms with Gasteiger partial charge in [-0.3, -0.25) is 9.59 Å². The Morgan fingerprint density at radius 2 is 1.74 bits per heavy atom. The minimum atomic E-state index is -4.85. The Bertz CT molecular complexity index is 386. The van der Waals surface area contributed by atoms with Crippen molar-refractivity contribution >= 4 is 11.9 Å². The van der Waals surface area contributed by atoms with Crippen molar-refractivity contribution < 1.29 is 27.9 Å². The number of carbonyl (C=O) groups is 2. The molecule has 1 heterocycles. The summed E-state index contributed by atoms with van der Waals surface area (Å²) in [6.07, 6.45) is -2.35. The van der Waals surface area contributed by atoms with Gasteiger partial charge in [0.1, 0.15) is 0 Å². The Balaban J connectivity index is 2.11. The van der Waals surface area contributed by atoms with E-state index in [0.717, 1.165) is 4.90 Å². The fraction of sp³-hybridized carbons (Fsp3) is 0.833. The molecular formula is C12H16F3NO3. The summed E-state index contributed by atoms with van der Waals surface area (Å²) in [5, 5.41) is 8.91. The van der Waals surface area contributed by atoms with Crippen LogP contribution in [0.3, 0.4) is 0 Å².